The molecule has 1 aromatic carbocycles. The molecule has 0 aromatic heterocycles. The predicted molar refractivity (Wildman–Crippen MR) is 67.0 cm³/mol. The maximum Gasteiger partial charge on any atom is 0.308 e. The highest BCUT2D eigenvalue weighted by Gasteiger charge is 2.39. The van der Waals surface area contributed by atoms with Crippen molar-refractivity contribution in [2.75, 3.05) is 13.1 Å². The van der Waals surface area contributed by atoms with Gasteiger partial charge in [-0.25, -0.2) is 4.39 Å². The minimum atomic E-state index is -0.771. The largest absolute Gasteiger partial charge is 0.481 e. The molecule has 4 heteroatoms. The molecule has 0 amide bonds. The summed E-state index contributed by atoms with van der Waals surface area (Å²) in [5.41, 5.74) is 0.909. The molecule has 0 aliphatic carbocycles. The lowest BCUT2D eigenvalue weighted by molar-refractivity contribution is -0.141. The Labute approximate surface area is 106 Å². The van der Waals surface area contributed by atoms with Crippen LogP contribution >= 0.6 is 0 Å². The molecule has 1 aliphatic heterocycles. The van der Waals surface area contributed by atoms with Crippen LogP contribution in [0.4, 0.5) is 4.39 Å². The Morgan fingerprint density at radius 1 is 1.33 bits per heavy atom. The number of halogens is 1. The van der Waals surface area contributed by atoms with E-state index in [-0.39, 0.29) is 11.7 Å². The van der Waals surface area contributed by atoms with Gasteiger partial charge in [0.25, 0.3) is 0 Å². The topological polar surface area (TPSA) is 40.5 Å². The highest BCUT2D eigenvalue weighted by molar-refractivity contribution is 5.72. The van der Waals surface area contributed by atoms with E-state index in [1.807, 2.05) is 0 Å². The fraction of sp³-hybridized carbons (Fsp3) is 0.500. The molecule has 0 unspecified atom stereocenters. The quantitative estimate of drug-likeness (QED) is 0.896. The number of carbonyl (C=O) groups is 1. The zero-order chi connectivity index (χ0) is 13.3. The van der Waals surface area contributed by atoms with Crippen LogP contribution in [0.2, 0.25) is 0 Å². The van der Waals surface area contributed by atoms with E-state index in [0.29, 0.717) is 12.6 Å². The molecule has 1 heterocycles. The standard InChI is InChI=1S/C14H18FNO2/c1-9(2)16-7-12(13(8-16)14(17)18)10-3-5-11(15)6-4-10/h3-6,9,12-13H,7-8H2,1-2H3,(H,17,18)/t12-,13+/m1/s1. The Bertz CT molecular complexity index is 430. The zero-order valence-corrected chi connectivity index (χ0v) is 10.6. The molecule has 0 bridgehead atoms. The lowest BCUT2D eigenvalue weighted by atomic mass is 9.89. The Hall–Kier alpha value is -1.42. The molecule has 0 spiro atoms. The van der Waals surface area contributed by atoms with Crippen molar-refractivity contribution >= 4 is 5.97 Å². The van der Waals surface area contributed by atoms with Crippen molar-refractivity contribution in [1.29, 1.82) is 0 Å². The number of carboxylic acid groups (broad SMARTS) is 1. The Balaban J connectivity index is 2.24. The van der Waals surface area contributed by atoms with Crippen LogP contribution in [0.3, 0.4) is 0 Å². The van der Waals surface area contributed by atoms with Gasteiger partial charge >= 0.3 is 5.97 Å². The molecule has 1 aliphatic rings. The van der Waals surface area contributed by atoms with Gasteiger partial charge < -0.3 is 5.11 Å². The van der Waals surface area contributed by atoms with Gasteiger partial charge in [0.2, 0.25) is 0 Å². The Morgan fingerprint density at radius 3 is 2.44 bits per heavy atom. The molecular weight excluding hydrogens is 233 g/mol. The summed E-state index contributed by atoms with van der Waals surface area (Å²) in [5, 5.41) is 9.30. The maximum atomic E-state index is 12.9. The second kappa shape index (κ2) is 5.06. The monoisotopic (exact) mass is 251 g/mol. The van der Waals surface area contributed by atoms with Crippen molar-refractivity contribution in [3.8, 4) is 0 Å². The average molecular weight is 251 g/mol. The minimum Gasteiger partial charge on any atom is -0.481 e. The molecule has 1 saturated heterocycles. The summed E-state index contributed by atoms with van der Waals surface area (Å²) in [7, 11) is 0. The third kappa shape index (κ3) is 2.53. The first-order valence-corrected chi connectivity index (χ1v) is 6.21. The van der Waals surface area contributed by atoms with Gasteiger partial charge in [-0.15, -0.1) is 0 Å². The van der Waals surface area contributed by atoms with Crippen molar-refractivity contribution in [2.24, 2.45) is 5.92 Å². The van der Waals surface area contributed by atoms with E-state index >= 15 is 0 Å². The smallest absolute Gasteiger partial charge is 0.308 e. The van der Waals surface area contributed by atoms with Gasteiger partial charge in [0, 0.05) is 25.0 Å². The molecular formula is C14H18FNO2. The van der Waals surface area contributed by atoms with Crippen molar-refractivity contribution < 1.29 is 14.3 Å². The van der Waals surface area contributed by atoms with E-state index < -0.39 is 11.9 Å². The molecule has 98 valence electrons. The van der Waals surface area contributed by atoms with Crippen LogP contribution in [-0.2, 0) is 4.79 Å². The van der Waals surface area contributed by atoms with E-state index in [4.69, 9.17) is 0 Å². The molecule has 1 N–H and O–H groups in total. The first-order chi connectivity index (χ1) is 8.49. The van der Waals surface area contributed by atoms with Gasteiger partial charge in [0.1, 0.15) is 5.82 Å². The molecule has 0 radical (unpaired) electrons. The lowest BCUT2D eigenvalue weighted by Gasteiger charge is -2.20. The predicted octanol–water partition coefficient (Wildman–Crippen LogP) is 2.33. The fourth-order valence-electron chi connectivity index (χ4n) is 2.55. The average Bonchev–Trinajstić information content (AvgIpc) is 2.75. The first kappa shape index (κ1) is 13.0. The Kier molecular flexibility index (Phi) is 3.66. The number of benzene rings is 1. The number of rotatable bonds is 3. The van der Waals surface area contributed by atoms with Gasteiger partial charge in [0.15, 0.2) is 0 Å². The maximum absolute atomic E-state index is 12.9. The molecule has 3 nitrogen and oxygen atoms in total. The van der Waals surface area contributed by atoms with Crippen LogP contribution in [0.25, 0.3) is 0 Å². The van der Waals surface area contributed by atoms with E-state index in [9.17, 15) is 14.3 Å². The molecule has 1 aromatic rings. The number of nitrogens with zero attached hydrogens (tertiary/aromatic N) is 1. The van der Waals surface area contributed by atoms with Gasteiger partial charge in [-0.05, 0) is 31.5 Å². The van der Waals surface area contributed by atoms with Crippen molar-refractivity contribution in [3.63, 3.8) is 0 Å². The van der Waals surface area contributed by atoms with Crippen molar-refractivity contribution in [2.45, 2.75) is 25.8 Å². The number of hydrogen-bond acceptors (Lipinski definition) is 2. The summed E-state index contributed by atoms with van der Waals surface area (Å²) in [6.07, 6.45) is 0. The minimum absolute atomic E-state index is 0.0505. The summed E-state index contributed by atoms with van der Waals surface area (Å²) >= 11 is 0. The summed E-state index contributed by atoms with van der Waals surface area (Å²) in [6, 6.07) is 6.51. The van der Waals surface area contributed by atoms with Crippen LogP contribution in [0.5, 0.6) is 0 Å². The normalized spacial score (nSPS) is 24.7. The van der Waals surface area contributed by atoms with Gasteiger partial charge in [-0.3, -0.25) is 9.69 Å². The Morgan fingerprint density at radius 2 is 1.94 bits per heavy atom. The third-order valence-corrected chi connectivity index (χ3v) is 3.69. The molecule has 0 saturated carbocycles. The van der Waals surface area contributed by atoms with E-state index in [0.717, 1.165) is 12.1 Å². The summed E-state index contributed by atoms with van der Waals surface area (Å²) in [4.78, 5) is 13.5. The van der Waals surface area contributed by atoms with Gasteiger partial charge in [-0.2, -0.15) is 0 Å². The molecule has 1 fully saturated rings. The van der Waals surface area contributed by atoms with Crippen LogP contribution in [0, 0.1) is 11.7 Å². The van der Waals surface area contributed by atoms with E-state index in [2.05, 4.69) is 18.7 Å². The van der Waals surface area contributed by atoms with Crippen molar-refractivity contribution in [1.82, 2.24) is 4.90 Å². The highest BCUT2D eigenvalue weighted by atomic mass is 19.1. The second-order valence-electron chi connectivity index (χ2n) is 5.15. The first-order valence-electron chi connectivity index (χ1n) is 6.21. The van der Waals surface area contributed by atoms with Crippen LogP contribution in [0.15, 0.2) is 24.3 Å². The third-order valence-electron chi connectivity index (χ3n) is 3.69. The zero-order valence-electron chi connectivity index (χ0n) is 10.6. The number of likely N-dealkylation sites (tertiary alicyclic amines) is 1. The number of hydrogen-bond donors (Lipinski definition) is 1. The van der Waals surface area contributed by atoms with Crippen LogP contribution in [0.1, 0.15) is 25.3 Å². The van der Waals surface area contributed by atoms with E-state index in [1.165, 1.54) is 12.1 Å². The fourth-order valence-corrected chi connectivity index (χ4v) is 2.55. The molecule has 2 rings (SSSR count). The van der Waals surface area contributed by atoms with Crippen molar-refractivity contribution in [3.05, 3.63) is 35.6 Å². The lowest BCUT2D eigenvalue weighted by Crippen LogP contribution is -2.29. The highest BCUT2D eigenvalue weighted by Crippen LogP contribution is 2.33. The summed E-state index contributed by atoms with van der Waals surface area (Å²) in [5.74, 6) is -1.51. The second-order valence-corrected chi connectivity index (χ2v) is 5.15. The molecule has 18 heavy (non-hydrogen) atoms. The van der Waals surface area contributed by atoms with Crippen LogP contribution in [-0.4, -0.2) is 35.1 Å². The summed E-state index contributed by atoms with van der Waals surface area (Å²) in [6.45, 7) is 5.41. The molecule has 2 atom stereocenters. The summed E-state index contributed by atoms with van der Waals surface area (Å²) < 4.78 is 12.9. The SMILES string of the molecule is CC(C)N1C[C@H](C(=O)O)[C@@H](c2ccc(F)cc2)C1. The van der Waals surface area contributed by atoms with Crippen LogP contribution < -0.4 is 0 Å². The number of carboxylic acids is 1. The van der Waals surface area contributed by atoms with Gasteiger partial charge in [0.05, 0.1) is 5.92 Å². The van der Waals surface area contributed by atoms with E-state index in [1.54, 1.807) is 12.1 Å². The number of aliphatic carboxylic acids is 1. The van der Waals surface area contributed by atoms with Gasteiger partial charge in [-0.1, -0.05) is 12.1 Å².